The molecule has 5 heteroatoms. The number of hydrogen-bond donors (Lipinski definition) is 1. The number of nitrogens with one attached hydrogen (secondary N) is 1. The average Bonchev–Trinajstić information content (AvgIpc) is 2.86. The minimum absolute atomic E-state index is 0.146. The number of nitrogens with zero attached hydrogens (tertiary/aromatic N) is 1. The second kappa shape index (κ2) is 4.81. The second-order valence-corrected chi connectivity index (χ2v) is 5.15. The van der Waals surface area contributed by atoms with Gasteiger partial charge in [-0.1, -0.05) is 11.8 Å². The molecule has 2 heterocycles. The van der Waals surface area contributed by atoms with E-state index in [0.717, 1.165) is 28.9 Å². The normalized spacial score (nSPS) is 14.9. The molecule has 1 aromatic heterocycles. The number of amidine groups is 1. The average molecular weight is 240 g/mol. The molecule has 0 radical (unpaired) electrons. The van der Waals surface area contributed by atoms with Gasteiger partial charge in [0, 0.05) is 12.3 Å². The van der Waals surface area contributed by atoms with Gasteiger partial charge in [0.15, 0.2) is 11.0 Å². The van der Waals surface area contributed by atoms with Crippen molar-refractivity contribution >= 4 is 34.0 Å². The van der Waals surface area contributed by atoms with Crippen LogP contribution in [0.1, 0.15) is 22.2 Å². The first-order valence-electron chi connectivity index (χ1n) is 4.75. The molecule has 0 atom stereocenters. The molecule has 1 aliphatic heterocycles. The molecule has 0 aliphatic carbocycles. The highest BCUT2D eigenvalue weighted by atomic mass is 32.2. The molecule has 0 fully saturated rings. The van der Waals surface area contributed by atoms with E-state index in [4.69, 9.17) is 0 Å². The monoisotopic (exact) mass is 240 g/mol. The lowest BCUT2D eigenvalue weighted by Crippen LogP contribution is -2.14. The molecule has 1 N–H and O–H groups in total. The molecule has 0 aromatic carbocycles. The molecule has 1 aliphatic rings. The predicted octanol–water partition coefficient (Wildman–Crippen LogP) is 2.14. The molecule has 1 aromatic rings. The number of rotatable bonds is 3. The van der Waals surface area contributed by atoms with Crippen molar-refractivity contribution in [3.05, 3.63) is 21.9 Å². The molecule has 0 saturated carbocycles. The third kappa shape index (κ3) is 2.82. The van der Waals surface area contributed by atoms with Gasteiger partial charge in [0.1, 0.15) is 0 Å². The summed E-state index contributed by atoms with van der Waals surface area (Å²) in [6.45, 7) is 3.43. The number of ketones is 1. The quantitative estimate of drug-likeness (QED) is 0.823. The molecule has 0 unspecified atom stereocenters. The Morgan fingerprint density at radius 1 is 1.73 bits per heavy atom. The SMILES string of the molecule is CC(=O)c1cc(CSC2=NCCN2)cs1. The number of aliphatic imine (C=N–C) groups is 1. The Balaban J connectivity index is 1.90. The van der Waals surface area contributed by atoms with E-state index in [1.54, 1.807) is 18.7 Å². The van der Waals surface area contributed by atoms with Crippen LogP contribution in [0.2, 0.25) is 0 Å². The van der Waals surface area contributed by atoms with Crippen LogP contribution in [0.5, 0.6) is 0 Å². The van der Waals surface area contributed by atoms with Crippen molar-refractivity contribution < 1.29 is 4.79 Å². The van der Waals surface area contributed by atoms with Gasteiger partial charge in [0.2, 0.25) is 0 Å². The van der Waals surface area contributed by atoms with E-state index in [2.05, 4.69) is 10.3 Å². The van der Waals surface area contributed by atoms with Crippen LogP contribution in [0.4, 0.5) is 0 Å². The lowest BCUT2D eigenvalue weighted by Gasteiger charge is -1.99. The van der Waals surface area contributed by atoms with Crippen molar-refractivity contribution in [2.24, 2.45) is 4.99 Å². The molecule has 0 spiro atoms. The molecular formula is C10H12N2OS2. The Morgan fingerprint density at radius 3 is 3.20 bits per heavy atom. The van der Waals surface area contributed by atoms with E-state index in [-0.39, 0.29) is 5.78 Å². The number of carbonyl (C=O) groups excluding carboxylic acids is 1. The van der Waals surface area contributed by atoms with Gasteiger partial charge in [0.05, 0.1) is 11.4 Å². The van der Waals surface area contributed by atoms with Gasteiger partial charge in [-0.25, -0.2) is 0 Å². The Labute approximate surface area is 97.0 Å². The largest absolute Gasteiger partial charge is 0.363 e. The molecular weight excluding hydrogens is 228 g/mol. The van der Waals surface area contributed by atoms with Gasteiger partial charge >= 0.3 is 0 Å². The molecule has 0 bridgehead atoms. The Bertz CT molecular complexity index is 398. The van der Waals surface area contributed by atoms with Crippen LogP contribution in [0.3, 0.4) is 0 Å². The topological polar surface area (TPSA) is 41.5 Å². The third-order valence-corrected chi connectivity index (χ3v) is 4.12. The smallest absolute Gasteiger partial charge is 0.169 e. The summed E-state index contributed by atoms with van der Waals surface area (Å²) in [6.07, 6.45) is 0. The summed E-state index contributed by atoms with van der Waals surface area (Å²) in [6, 6.07) is 1.97. The fourth-order valence-electron chi connectivity index (χ4n) is 1.26. The van der Waals surface area contributed by atoms with Crippen molar-refractivity contribution in [1.82, 2.24) is 5.32 Å². The highest BCUT2D eigenvalue weighted by molar-refractivity contribution is 8.13. The van der Waals surface area contributed by atoms with E-state index < -0.39 is 0 Å². The minimum Gasteiger partial charge on any atom is -0.363 e. The van der Waals surface area contributed by atoms with Gasteiger partial charge in [-0.3, -0.25) is 9.79 Å². The van der Waals surface area contributed by atoms with Crippen LogP contribution in [-0.4, -0.2) is 24.0 Å². The molecule has 0 saturated heterocycles. The van der Waals surface area contributed by atoms with Crippen molar-refractivity contribution in [2.75, 3.05) is 13.1 Å². The van der Waals surface area contributed by atoms with Crippen LogP contribution in [-0.2, 0) is 5.75 Å². The van der Waals surface area contributed by atoms with Gasteiger partial charge < -0.3 is 5.32 Å². The fourth-order valence-corrected chi connectivity index (χ4v) is 3.04. The first-order valence-corrected chi connectivity index (χ1v) is 6.61. The van der Waals surface area contributed by atoms with Crippen LogP contribution >= 0.6 is 23.1 Å². The van der Waals surface area contributed by atoms with Crippen LogP contribution in [0, 0.1) is 0 Å². The Hall–Kier alpha value is -0.810. The summed E-state index contributed by atoms with van der Waals surface area (Å²) in [4.78, 5) is 16.2. The number of thiophene rings is 1. The molecule has 0 amide bonds. The standard InChI is InChI=1S/C10H12N2OS2/c1-7(13)9-4-8(5-14-9)6-15-10-11-2-3-12-10/h4-5H,2-3,6H2,1H3,(H,11,12). The molecule has 2 rings (SSSR count). The van der Waals surface area contributed by atoms with Gasteiger partial charge in [0.25, 0.3) is 0 Å². The zero-order valence-corrected chi connectivity index (χ0v) is 10.1. The lowest BCUT2D eigenvalue weighted by atomic mass is 10.3. The zero-order chi connectivity index (χ0) is 10.7. The van der Waals surface area contributed by atoms with E-state index >= 15 is 0 Å². The maximum atomic E-state index is 11.1. The zero-order valence-electron chi connectivity index (χ0n) is 8.45. The van der Waals surface area contributed by atoms with Gasteiger partial charge in [-0.2, -0.15) is 0 Å². The van der Waals surface area contributed by atoms with Crippen molar-refractivity contribution in [1.29, 1.82) is 0 Å². The third-order valence-electron chi connectivity index (χ3n) is 2.02. The number of carbonyl (C=O) groups is 1. The van der Waals surface area contributed by atoms with Crippen molar-refractivity contribution in [3.8, 4) is 0 Å². The lowest BCUT2D eigenvalue weighted by molar-refractivity contribution is 0.102. The summed E-state index contributed by atoms with van der Waals surface area (Å²) in [5.41, 5.74) is 1.20. The maximum absolute atomic E-state index is 11.1. The van der Waals surface area contributed by atoms with Crippen molar-refractivity contribution in [2.45, 2.75) is 12.7 Å². The molecule has 15 heavy (non-hydrogen) atoms. The van der Waals surface area contributed by atoms with Crippen LogP contribution < -0.4 is 5.32 Å². The maximum Gasteiger partial charge on any atom is 0.169 e. The number of hydrogen-bond acceptors (Lipinski definition) is 5. The second-order valence-electron chi connectivity index (χ2n) is 3.28. The summed E-state index contributed by atoms with van der Waals surface area (Å²) < 4.78 is 0. The van der Waals surface area contributed by atoms with Crippen LogP contribution in [0.25, 0.3) is 0 Å². The van der Waals surface area contributed by atoms with E-state index in [0.29, 0.717) is 0 Å². The van der Waals surface area contributed by atoms with E-state index in [1.165, 1.54) is 16.9 Å². The summed E-state index contributed by atoms with van der Waals surface area (Å²) in [5.74, 6) is 1.03. The van der Waals surface area contributed by atoms with E-state index in [1.807, 2.05) is 11.4 Å². The first-order chi connectivity index (χ1) is 7.25. The summed E-state index contributed by atoms with van der Waals surface area (Å²) in [5, 5.41) is 6.27. The van der Waals surface area contributed by atoms with Crippen LogP contribution in [0.15, 0.2) is 16.4 Å². The highest BCUT2D eigenvalue weighted by Gasteiger charge is 2.08. The van der Waals surface area contributed by atoms with Crippen molar-refractivity contribution in [3.63, 3.8) is 0 Å². The fraction of sp³-hybridized carbons (Fsp3) is 0.400. The predicted molar refractivity (Wildman–Crippen MR) is 65.9 cm³/mol. The Kier molecular flexibility index (Phi) is 3.43. The minimum atomic E-state index is 0.146. The number of Topliss-reactive ketones (excluding diaryl/α,β-unsaturated/α-hetero) is 1. The van der Waals surface area contributed by atoms with E-state index in [9.17, 15) is 4.79 Å². The summed E-state index contributed by atoms with van der Waals surface area (Å²) >= 11 is 3.21. The molecule has 3 nitrogen and oxygen atoms in total. The summed E-state index contributed by atoms with van der Waals surface area (Å²) in [7, 11) is 0. The molecule has 80 valence electrons. The van der Waals surface area contributed by atoms with Gasteiger partial charge in [-0.05, 0) is 23.9 Å². The first kappa shape index (κ1) is 10.7. The Morgan fingerprint density at radius 2 is 2.60 bits per heavy atom. The highest BCUT2D eigenvalue weighted by Crippen LogP contribution is 2.20. The number of thioether (sulfide) groups is 1. The van der Waals surface area contributed by atoms with Gasteiger partial charge in [-0.15, -0.1) is 11.3 Å².